The summed E-state index contributed by atoms with van der Waals surface area (Å²) in [5.41, 5.74) is 3.18. The summed E-state index contributed by atoms with van der Waals surface area (Å²) in [5.74, 6) is 1.61. The molecule has 2 aromatic rings. The molecule has 1 aromatic heterocycles. The Morgan fingerprint density at radius 3 is 2.85 bits per heavy atom. The van der Waals surface area contributed by atoms with Gasteiger partial charge >= 0.3 is 0 Å². The monoisotopic (exact) mass is 372 g/mol. The van der Waals surface area contributed by atoms with E-state index in [-0.39, 0.29) is 6.10 Å². The molecule has 1 atom stereocenters. The Hall–Kier alpha value is -2.09. The van der Waals surface area contributed by atoms with Crippen LogP contribution < -0.4 is 14.8 Å². The smallest absolute Gasteiger partial charge is 0.161 e. The molecule has 0 aliphatic carbocycles. The van der Waals surface area contributed by atoms with E-state index in [4.69, 9.17) is 14.2 Å². The van der Waals surface area contributed by atoms with Crippen LogP contribution in [0.5, 0.6) is 11.5 Å². The Kier molecular flexibility index (Phi) is 5.61. The van der Waals surface area contributed by atoms with Crippen LogP contribution in [-0.4, -0.2) is 67.3 Å². The van der Waals surface area contributed by atoms with Gasteiger partial charge in [0, 0.05) is 57.0 Å². The van der Waals surface area contributed by atoms with Gasteiger partial charge in [-0.2, -0.15) is 5.10 Å². The molecule has 4 rings (SSSR count). The summed E-state index contributed by atoms with van der Waals surface area (Å²) in [5, 5.41) is 8.20. The second-order valence-corrected chi connectivity index (χ2v) is 7.27. The van der Waals surface area contributed by atoms with Gasteiger partial charge in [-0.05, 0) is 25.2 Å². The quantitative estimate of drug-likeness (QED) is 0.862. The number of benzene rings is 1. The van der Waals surface area contributed by atoms with Gasteiger partial charge in [-0.15, -0.1) is 0 Å². The minimum atomic E-state index is 0.238. The van der Waals surface area contributed by atoms with Gasteiger partial charge in [-0.3, -0.25) is 4.68 Å². The number of aryl methyl sites for hydroxylation is 1. The zero-order valence-corrected chi connectivity index (χ0v) is 16.1. The predicted octanol–water partition coefficient (Wildman–Crippen LogP) is 1.67. The number of nitrogens with zero attached hydrogens (tertiary/aromatic N) is 3. The van der Waals surface area contributed by atoms with E-state index in [1.165, 1.54) is 0 Å². The van der Waals surface area contributed by atoms with E-state index in [9.17, 15) is 0 Å². The van der Waals surface area contributed by atoms with Crippen molar-refractivity contribution in [3.8, 4) is 22.8 Å². The first-order chi connectivity index (χ1) is 13.2. The second-order valence-electron chi connectivity index (χ2n) is 7.27. The molecule has 0 saturated carbocycles. The van der Waals surface area contributed by atoms with Gasteiger partial charge in [0.25, 0.3) is 0 Å². The van der Waals surface area contributed by atoms with Crippen molar-refractivity contribution in [2.75, 3.05) is 46.5 Å². The molecule has 2 aliphatic heterocycles. The summed E-state index contributed by atoms with van der Waals surface area (Å²) in [6.45, 7) is 5.74. The third-order valence-electron chi connectivity index (χ3n) is 4.95. The van der Waals surface area contributed by atoms with Crippen LogP contribution in [0, 0.1) is 0 Å². The van der Waals surface area contributed by atoms with Crippen LogP contribution in [0.1, 0.15) is 12.0 Å². The first-order valence-electron chi connectivity index (χ1n) is 9.62. The van der Waals surface area contributed by atoms with E-state index >= 15 is 0 Å². The van der Waals surface area contributed by atoms with Crippen LogP contribution in [0.15, 0.2) is 24.4 Å². The molecule has 0 amide bonds. The number of fused-ring (bicyclic) bond motifs is 1. The molecular weight excluding hydrogens is 344 g/mol. The third-order valence-corrected chi connectivity index (χ3v) is 4.95. The number of aromatic nitrogens is 2. The van der Waals surface area contributed by atoms with E-state index in [1.54, 1.807) is 0 Å². The molecule has 0 unspecified atom stereocenters. The van der Waals surface area contributed by atoms with Crippen LogP contribution in [0.2, 0.25) is 0 Å². The highest BCUT2D eigenvalue weighted by atomic mass is 16.5. The first-order valence-corrected chi connectivity index (χ1v) is 9.62. The predicted molar refractivity (Wildman–Crippen MR) is 103 cm³/mol. The van der Waals surface area contributed by atoms with Gasteiger partial charge in [-0.1, -0.05) is 0 Å². The van der Waals surface area contributed by atoms with Crippen LogP contribution in [-0.2, 0) is 18.3 Å². The first kappa shape index (κ1) is 18.3. The van der Waals surface area contributed by atoms with E-state index in [2.05, 4.69) is 34.6 Å². The summed E-state index contributed by atoms with van der Waals surface area (Å²) in [6.07, 6.45) is 3.21. The molecule has 1 N–H and O–H groups in total. The number of likely N-dealkylation sites (N-methyl/N-ethyl adjacent to an activating group) is 1. The van der Waals surface area contributed by atoms with Crippen molar-refractivity contribution in [3.05, 3.63) is 30.0 Å². The topological polar surface area (TPSA) is 60.8 Å². The van der Waals surface area contributed by atoms with Crippen molar-refractivity contribution in [1.82, 2.24) is 20.0 Å². The van der Waals surface area contributed by atoms with Crippen molar-refractivity contribution in [3.63, 3.8) is 0 Å². The fourth-order valence-corrected chi connectivity index (χ4v) is 3.58. The Labute approximate surface area is 160 Å². The van der Waals surface area contributed by atoms with Gasteiger partial charge < -0.3 is 24.4 Å². The number of hydrogen-bond acceptors (Lipinski definition) is 6. The SMILES string of the molecule is CN1CCO[C@@H](CNCc2cn(C)nc2-c2ccc3c(c2)OCCCO3)C1. The minimum absolute atomic E-state index is 0.238. The number of hydrogen-bond donors (Lipinski definition) is 1. The van der Waals surface area contributed by atoms with E-state index in [0.717, 1.165) is 67.5 Å². The van der Waals surface area contributed by atoms with Crippen molar-refractivity contribution in [2.24, 2.45) is 7.05 Å². The molecular formula is C20H28N4O3. The summed E-state index contributed by atoms with van der Waals surface area (Å²) in [6, 6.07) is 6.07. The Morgan fingerprint density at radius 2 is 2.00 bits per heavy atom. The summed E-state index contributed by atoms with van der Waals surface area (Å²) in [4.78, 5) is 2.31. The molecule has 1 aromatic carbocycles. The van der Waals surface area contributed by atoms with E-state index < -0.39 is 0 Å². The minimum Gasteiger partial charge on any atom is -0.490 e. The van der Waals surface area contributed by atoms with Gasteiger partial charge in [0.15, 0.2) is 11.5 Å². The highest BCUT2D eigenvalue weighted by Crippen LogP contribution is 2.34. The van der Waals surface area contributed by atoms with E-state index in [0.29, 0.717) is 13.2 Å². The highest BCUT2D eigenvalue weighted by molar-refractivity contribution is 5.66. The molecule has 2 aliphatic rings. The lowest BCUT2D eigenvalue weighted by Crippen LogP contribution is -2.44. The standard InChI is InChI=1S/C20H28N4O3/c1-23-6-9-25-17(14-23)12-21-11-16-13-24(2)22-20(16)15-4-5-18-19(10-15)27-8-3-7-26-18/h4-5,10,13,17,21H,3,6-9,11-12,14H2,1-2H3/t17-/m0/s1. The van der Waals surface area contributed by atoms with Crippen molar-refractivity contribution in [1.29, 1.82) is 0 Å². The van der Waals surface area contributed by atoms with Gasteiger partial charge in [-0.25, -0.2) is 0 Å². The number of rotatable bonds is 5. The maximum atomic E-state index is 5.83. The molecule has 7 nitrogen and oxygen atoms in total. The fraction of sp³-hybridized carbons (Fsp3) is 0.550. The Bertz CT molecular complexity index is 777. The Balaban J connectivity index is 1.45. The van der Waals surface area contributed by atoms with Gasteiger partial charge in [0.1, 0.15) is 0 Å². The van der Waals surface area contributed by atoms with Crippen molar-refractivity contribution >= 4 is 0 Å². The average molecular weight is 372 g/mol. The van der Waals surface area contributed by atoms with Crippen LogP contribution in [0.4, 0.5) is 0 Å². The zero-order chi connectivity index (χ0) is 18.6. The Morgan fingerprint density at radius 1 is 1.15 bits per heavy atom. The lowest BCUT2D eigenvalue weighted by atomic mass is 10.1. The van der Waals surface area contributed by atoms with Gasteiger partial charge in [0.05, 0.1) is 31.6 Å². The van der Waals surface area contributed by atoms with Crippen molar-refractivity contribution < 1.29 is 14.2 Å². The lowest BCUT2D eigenvalue weighted by Gasteiger charge is -2.30. The fourth-order valence-electron chi connectivity index (χ4n) is 3.58. The number of morpholine rings is 1. The van der Waals surface area contributed by atoms with E-state index in [1.807, 2.05) is 23.9 Å². The normalized spacial score (nSPS) is 20.4. The van der Waals surface area contributed by atoms with Crippen LogP contribution >= 0.6 is 0 Å². The lowest BCUT2D eigenvalue weighted by molar-refractivity contribution is -0.0182. The molecule has 1 saturated heterocycles. The molecule has 3 heterocycles. The molecule has 1 fully saturated rings. The molecule has 146 valence electrons. The maximum Gasteiger partial charge on any atom is 0.161 e. The largest absolute Gasteiger partial charge is 0.490 e. The molecule has 0 spiro atoms. The number of nitrogens with one attached hydrogen (secondary N) is 1. The van der Waals surface area contributed by atoms with Crippen LogP contribution in [0.25, 0.3) is 11.3 Å². The molecule has 0 bridgehead atoms. The summed E-state index contributed by atoms with van der Waals surface area (Å²) >= 11 is 0. The summed E-state index contributed by atoms with van der Waals surface area (Å²) in [7, 11) is 4.09. The summed E-state index contributed by atoms with van der Waals surface area (Å²) < 4.78 is 19.3. The van der Waals surface area contributed by atoms with Crippen LogP contribution in [0.3, 0.4) is 0 Å². The number of ether oxygens (including phenoxy) is 3. The highest BCUT2D eigenvalue weighted by Gasteiger charge is 2.18. The molecule has 7 heteroatoms. The molecule has 27 heavy (non-hydrogen) atoms. The second kappa shape index (κ2) is 8.29. The third kappa shape index (κ3) is 4.43. The van der Waals surface area contributed by atoms with Crippen molar-refractivity contribution in [2.45, 2.75) is 19.1 Å². The van der Waals surface area contributed by atoms with Gasteiger partial charge in [0.2, 0.25) is 0 Å². The molecule has 0 radical (unpaired) electrons. The average Bonchev–Trinajstić information content (AvgIpc) is 2.88. The maximum absolute atomic E-state index is 5.83. The zero-order valence-electron chi connectivity index (χ0n) is 16.1.